The maximum atomic E-state index is 13.6. The van der Waals surface area contributed by atoms with Crippen LogP contribution in [0.4, 0.5) is 10.1 Å². The van der Waals surface area contributed by atoms with Crippen molar-refractivity contribution < 1.29 is 23.6 Å². The molecule has 10 nitrogen and oxygen atoms in total. The number of likely N-dealkylation sites (N-methyl/N-ethyl adjacent to an activating group) is 1. The molecule has 0 bridgehead atoms. The third-order valence-electron chi connectivity index (χ3n) is 5.93. The van der Waals surface area contributed by atoms with Crippen molar-refractivity contribution in [3.8, 4) is 0 Å². The molecule has 0 aliphatic carbocycles. The van der Waals surface area contributed by atoms with Crippen LogP contribution in [0.15, 0.2) is 18.2 Å². The van der Waals surface area contributed by atoms with E-state index in [4.69, 9.17) is 11.6 Å². The van der Waals surface area contributed by atoms with Gasteiger partial charge in [-0.25, -0.2) is 9.37 Å². The summed E-state index contributed by atoms with van der Waals surface area (Å²) in [4.78, 5) is 58.3. The van der Waals surface area contributed by atoms with Crippen molar-refractivity contribution in [1.29, 1.82) is 0 Å². The maximum absolute atomic E-state index is 13.6. The van der Waals surface area contributed by atoms with Crippen LogP contribution in [0.1, 0.15) is 26.8 Å². The molecule has 14 heteroatoms. The summed E-state index contributed by atoms with van der Waals surface area (Å²) in [7, 11) is 2.01. The Kier molecular flexibility index (Phi) is 9.23. The van der Waals surface area contributed by atoms with Crippen LogP contribution in [0.3, 0.4) is 0 Å². The fraction of sp³-hybridized carbons (Fsp3) is 0.409. The molecular formula is C22H25Cl2FN6O4S. The number of benzene rings is 1. The predicted octanol–water partition coefficient (Wildman–Crippen LogP) is 1.43. The highest BCUT2D eigenvalue weighted by atomic mass is 35.5. The number of likely N-dealkylation sites (tertiary alicyclic amines) is 1. The number of rotatable bonds is 5. The second-order valence-electron chi connectivity index (χ2n) is 8.51. The Morgan fingerprint density at radius 2 is 1.97 bits per heavy atom. The summed E-state index contributed by atoms with van der Waals surface area (Å²) < 4.78 is 13.6. The fourth-order valence-electron chi connectivity index (χ4n) is 4.04. The van der Waals surface area contributed by atoms with E-state index in [9.17, 15) is 23.6 Å². The van der Waals surface area contributed by atoms with Crippen molar-refractivity contribution in [2.24, 2.45) is 0 Å². The van der Waals surface area contributed by atoms with Crippen molar-refractivity contribution in [1.82, 2.24) is 25.4 Å². The van der Waals surface area contributed by atoms with Gasteiger partial charge in [-0.05, 0) is 31.7 Å². The highest BCUT2D eigenvalue weighted by Crippen LogP contribution is 2.25. The average Bonchev–Trinajstić information content (AvgIpc) is 3.25. The Morgan fingerprint density at radius 3 is 2.69 bits per heavy atom. The molecule has 0 saturated carbocycles. The molecule has 1 fully saturated rings. The van der Waals surface area contributed by atoms with Crippen LogP contribution in [0.5, 0.6) is 0 Å². The summed E-state index contributed by atoms with van der Waals surface area (Å²) in [6.07, 6.45) is 1.78. The molecule has 36 heavy (non-hydrogen) atoms. The number of aromatic nitrogens is 1. The summed E-state index contributed by atoms with van der Waals surface area (Å²) >= 11 is 6.96. The Morgan fingerprint density at radius 1 is 1.19 bits per heavy atom. The zero-order valence-corrected chi connectivity index (χ0v) is 21.6. The highest BCUT2D eigenvalue weighted by molar-refractivity contribution is 7.13. The number of hydrogen-bond acceptors (Lipinski definition) is 7. The largest absolute Gasteiger partial charge is 0.343 e. The van der Waals surface area contributed by atoms with E-state index < -0.39 is 35.6 Å². The minimum absolute atomic E-state index is 0. The van der Waals surface area contributed by atoms with Crippen molar-refractivity contribution in [3.63, 3.8) is 0 Å². The Balaban J connectivity index is 0.00000361. The number of amides is 4. The molecular weight excluding hydrogens is 534 g/mol. The van der Waals surface area contributed by atoms with Gasteiger partial charge in [0.25, 0.3) is 5.91 Å². The molecule has 194 valence electrons. The highest BCUT2D eigenvalue weighted by Gasteiger charge is 2.33. The number of fused-ring (bicyclic) bond motifs is 1. The topological polar surface area (TPSA) is 124 Å². The maximum Gasteiger partial charge on any atom is 0.313 e. The van der Waals surface area contributed by atoms with Crippen LogP contribution in [0, 0.1) is 5.82 Å². The molecule has 0 radical (unpaired) electrons. The monoisotopic (exact) mass is 558 g/mol. The van der Waals surface area contributed by atoms with Gasteiger partial charge in [0.1, 0.15) is 5.82 Å². The number of piperidine rings is 1. The number of anilines is 1. The van der Waals surface area contributed by atoms with Crippen LogP contribution in [-0.2, 0) is 27.3 Å². The van der Waals surface area contributed by atoms with Crippen LogP contribution >= 0.6 is 35.3 Å². The van der Waals surface area contributed by atoms with E-state index in [1.54, 1.807) is 0 Å². The number of carbonyl (C=O) groups is 4. The van der Waals surface area contributed by atoms with E-state index >= 15 is 0 Å². The lowest BCUT2D eigenvalue weighted by atomic mass is 9.99. The summed E-state index contributed by atoms with van der Waals surface area (Å²) in [6, 6.07) is 2.41. The third kappa shape index (κ3) is 6.49. The van der Waals surface area contributed by atoms with Gasteiger partial charge in [0.2, 0.25) is 6.41 Å². The standard InChI is InChI=1S/C22H24ClFN6O4S.ClH/c1-29-6-4-16-18(10-29)35-22(28-16)21(34)27-17-9-30(11-31)7-5-15(17)26-20(33)19(32)25-12-2-3-13(23)14(24)8-12;/h2-3,8,11,15,17H,4-7,9-10H2,1H3,(H,25,32)(H,26,33)(H,27,34);1H/t15-,17+;/m0./s1. The molecule has 1 aromatic heterocycles. The first-order chi connectivity index (χ1) is 16.7. The van der Waals surface area contributed by atoms with E-state index in [1.807, 2.05) is 7.05 Å². The van der Waals surface area contributed by atoms with Gasteiger partial charge in [-0.3, -0.25) is 19.2 Å². The summed E-state index contributed by atoms with van der Waals surface area (Å²) in [6.45, 7) is 2.11. The number of carbonyl (C=O) groups excluding carboxylic acids is 4. The average molecular weight is 559 g/mol. The van der Waals surface area contributed by atoms with Gasteiger partial charge in [-0.15, -0.1) is 23.7 Å². The lowest BCUT2D eigenvalue weighted by molar-refractivity contribution is -0.137. The molecule has 3 N–H and O–H groups in total. The van der Waals surface area contributed by atoms with Crippen molar-refractivity contribution in [2.45, 2.75) is 31.5 Å². The van der Waals surface area contributed by atoms with E-state index in [2.05, 4.69) is 25.8 Å². The van der Waals surface area contributed by atoms with E-state index in [-0.39, 0.29) is 29.7 Å². The van der Waals surface area contributed by atoms with Crippen LogP contribution < -0.4 is 16.0 Å². The van der Waals surface area contributed by atoms with Crippen LogP contribution in [-0.4, -0.2) is 77.7 Å². The Labute approximate surface area is 222 Å². The molecule has 0 unspecified atom stereocenters. The van der Waals surface area contributed by atoms with Gasteiger partial charge in [0.05, 0.1) is 22.8 Å². The number of hydrogen-bond donors (Lipinski definition) is 3. The number of thiazole rings is 1. The molecule has 1 aromatic carbocycles. The lowest BCUT2D eigenvalue weighted by Gasteiger charge is -2.37. The molecule has 4 rings (SSSR count). The molecule has 3 heterocycles. The molecule has 0 spiro atoms. The minimum Gasteiger partial charge on any atom is -0.343 e. The lowest BCUT2D eigenvalue weighted by Crippen LogP contribution is -2.61. The minimum atomic E-state index is -0.994. The second kappa shape index (κ2) is 12.0. The number of halogens is 3. The zero-order chi connectivity index (χ0) is 25.1. The van der Waals surface area contributed by atoms with Crippen LogP contribution in [0.25, 0.3) is 0 Å². The van der Waals surface area contributed by atoms with E-state index in [1.165, 1.54) is 28.4 Å². The molecule has 2 atom stereocenters. The van der Waals surface area contributed by atoms with Crippen molar-refractivity contribution in [2.75, 3.05) is 32.0 Å². The van der Waals surface area contributed by atoms with Gasteiger partial charge >= 0.3 is 11.8 Å². The summed E-state index contributed by atoms with van der Waals surface area (Å²) in [5.74, 6) is -3.07. The summed E-state index contributed by atoms with van der Waals surface area (Å²) in [5.41, 5.74) is 0.989. The molecule has 2 aromatic rings. The smallest absolute Gasteiger partial charge is 0.313 e. The normalized spacial score (nSPS) is 19.5. The number of nitrogens with zero attached hydrogens (tertiary/aromatic N) is 3. The number of nitrogens with one attached hydrogen (secondary N) is 3. The molecule has 2 aliphatic heterocycles. The second-order valence-corrected chi connectivity index (χ2v) is 10.00. The van der Waals surface area contributed by atoms with Crippen molar-refractivity contribution >= 4 is 65.2 Å². The molecule has 4 amide bonds. The first-order valence-corrected chi connectivity index (χ1v) is 12.2. The predicted molar refractivity (Wildman–Crippen MR) is 135 cm³/mol. The fourth-order valence-corrected chi connectivity index (χ4v) is 5.25. The van der Waals surface area contributed by atoms with Crippen LogP contribution in [0.2, 0.25) is 5.02 Å². The molecule has 1 saturated heterocycles. The first kappa shape index (κ1) is 27.8. The zero-order valence-electron chi connectivity index (χ0n) is 19.3. The van der Waals surface area contributed by atoms with Gasteiger partial charge in [-0.2, -0.15) is 0 Å². The SMILES string of the molecule is CN1CCc2nc(C(=O)N[C@@H]3CN(C=O)CC[C@@H]3NC(=O)C(=O)Nc3ccc(Cl)c(F)c3)sc2C1.Cl. The van der Waals surface area contributed by atoms with Gasteiger partial charge in [-0.1, -0.05) is 11.6 Å². The Hall–Kier alpha value is -2.80. The van der Waals surface area contributed by atoms with E-state index in [0.29, 0.717) is 24.4 Å². The Bertz CT molecular complexity index is 1170. The molecule has 2 aliphatic rings. The quantitative estimate of drug-likeness (QED) is 0.376. The summed E-state index contributed by atoms with van der Waals surface area (Å²) in [5, 5.41) is 8.01. The van der Waals surface area contributed by atoms with E-state index in [0.717, 1.165) is 36.1 Å². The van der Waals surface area contributed by atoms with Crippen molar-refractivity contribution in [3.05, 3.63) is 44.6 Å². The van der Waals surface area contributed by atoms with Gasteiger partial charge in [0, 0.05) is 43.2 Å². The first-order valence-electron chi connectivity index (χ1n) is 11.0. The third-order valence-corrected chi connectivity index (χ3v) is 7.31. The van der Waals surface area contributed by atoms with Gasteiger partial charge in [0.15, 0.2) is 5.01 Å². The van der Waals surface area contributed by atoms with Gasteiger partial charge < -0.3 is 25.8 Å².